The Morgan fingerprint density at radius 3 is 2.69 bits per heavy atom. The molecule has 0 aromatic rings. The Bertz CT molecular complexity index is 157. The molecule has 0 heterocycles. The van der Waals surface area contributed by atoms with Gasteiger partial charge in [-0.25, -0.2) is 4.39 Å². The van der Waals surface area contributed by atoms with Crippen molar-refractivity contribution >= 4 is 0 Å². The van der Waals surface area contributed by atoms with Gasteiger partial charge in [0.2, 0.25) is 0 Å². The van der Waals surface area contributed by atoms with E-state index in [9.17, 15) is 4.39 Å². The lowest BCUT2D eigenvalue weighted by Gasteiger charge is -1.95. The van der Waals surface area contributed by atoms with Gasteiger partial charge in [-0.3, -0.25) is 0 Å². The molecule has 76 valence electrons. The molecule has 1 atom stereocenters. The topological polar surface area (TPSA) is 20.2 Å². The van der Waals surface area contributed by atoms with Gasteiger partial charge in [-0.05, 0) is 6.42 Å². The standard InChI is InChI=1S/C11H19FO/c1-2-3-4-5-6-7-8-11(12)9-10-13/h11,13H,2-6,9-10H2,1H3. The van der Waals surface area contributed by atoms with Crippen molar-refractivity contribution < 1.29 is 9.50 Å². The Morgan fingerprint density at radius 2 is 2.08 bits per heavy atom. The van der Waals surface area contributed by atoms with Gasteiger partial charge in [-0.15, -0.1) is 5.92 Å². The molecule has 0 spiro atoms. The van der Waals surface area contributed by atoms with E-state index in [4.69, 9.17) is 5.11 Å². The zero-order valence-corrected chi connectivity index (χ0v) is 8.35. The first-order valence-electron chi connectivity index (χ1n) is 5.04. The van der Waals surface area contributed by atoms with Gasteiger partial charge in [0.25, 0.3) is 0 Å². The van der Waals surface area contributed by atoms with E-state index in [1.54, 1.807) is 0 Å². The zero-order chi connectivity index (χ0) is 9.94. The summed E-state index contributed by atoms with van der Waals surface area (Å²) in [7, 11) is 0. The second-order valence-corrected chi connectivity index (χ2v) is 3.11. The van der Waals surface area contributed by atoms with Crippen molar-refractivity contribution in [1.82, 2.24) is 0 Å². The number of aliphatic hydroxyl groups is 1. The van der Waals surface area contributed by atoms with Crippen LogP contribution >= 0.6 is 0 Å². The number of hydrogen-bond donors (Lipinski definition) is 1. The van der Waals surface area contributed by atoms with Gasteiger partial charge >= 0.3 is 0 Å². The van der Waals surface area contributed by atoms with Gasteiger partial charge < -0.3 is 5.11 Å². The largest absolute Gasteiger partial charge is 0.396 e. The quantitative estimate of drug-likeness (QED) is 0.499. The lowest BCUT2D eigenvalue weighted by Crippen LogP contribution is -1.98. The zero-order valence-electron chi connectivity index (χ0n) is 8.35. The molecule has 0 aliphatic carbocycles. The molecular weight excluding hydrogens is 167 g/mol. The minimum Gasteiger partial charge on any atom is -0.396 e. The van der Waals surface area contributed by atoms with Crippen LogP contribution in [0.5, 0.6) is 0 Å². The molecule has 0 amide bonds. The summed E-state index contributed by atoms with van der Waals surface area (Å²) >= 11 is 0. The van der Waals surface area contributed by atoms with Crippen molar-refractivity contribution in [1.29, 1.82) is 0 Å². The molecule has 0 saturated carbocycles. The monoisotopic (exact) mass is 186 g/mol. The molecule has 1 unspecified atom stereocenters. The second kappa shape index (κ2) is 9.54. The summed E-state index contributed by atoms with van der Waals surface area (Å²) in [5.41, 5.74) is 0. The van der Waals surface area contributed by atoms with Gasteiger partial charge in [-0.2, -0.15) is 0 Å². The molecule has 0 aliphatic rings. The van der Waals surface area contributed by atoms with Crippen LogP contribution in [0.25, 0.3) is 0 Å². The van der Waals surface area contributed by atoms with E-state index in [1.165, 1.54) is 19.3 Å². The Hall–Kier alpha value is -0.550. The van der Waals surface area contributed by atoms with Crippen LogP contribution in [0.15, 0.2) is 0 Å². The smallest absolute Gasteiger partial charge is 0.162 e. The van der Waals surface area contributed by atoms with Crippen LogP contribution in [0, 0.1) is 11.8 Å². The van der Waals surface area contributed by atoms with Crippen LogP contribution in [0.3, 0.4) is 0 Å². The highest BCUT2D eigenvalue weighted by atomic mass is 19.1. The highest BCUT2D eigenvalue weighted by Crippen LogP contribution is 2.01. The highest BCUT2D eigenvalue weighted by Gasteiger charge is 1.97. The van der Waals surface area contributed by atoms with Gasteiger partial charge in [0.15, 0.2) is 6.17 Å². The Labute approximate surface area is 80.3 Å². The molecule has 13 heavy (non-hydrogen) atoms. The van der Waals surface area contributed by atoms with Gasteiger partial charge in [-0.1, -0.05) is 32.1 Å². The van der Waals surface area contributed by atoms with Crippen LogP contribution in [-0.2, 0) is 0 Å². The molecule has 0 saturated heterocycles. The lowest BCUT2D eigenvalue weighted by atomic mass is 10.1. The first-order chi connectivity index (χ1) is 6.31. The van der Waals surface area contributed by atoms with E-state index in [0.717, 1.165) is 12.8 Å². The molecule has 0 aromatic heterocycles. The number of unbranched alkanes of at least 4 members (excludes halogenated alkanes) is 4. The molecule has 0 aliphatic heterocycles. The summed E-state index contributed by atoms with van der Waals surface area (Å²) in [5.74, 6) is 5.28. The maximum Gasteiger partial charge on any atom is 0.162 e. The van der Waals surface area contributed by atoms with Crippen LogP contribution in [0.2, 0.25) is 0 Å². The van der Waals surface area contributed by atoms with E-state index >= 15 is 0 Å². The molecule has 1 nitrogen and oxygen atoms in total. The van der Waals surface area contributed by atoms with Gasteiger partial charge in [0.1, 0.15) is 0 Å². The van der Waals surface area contributed by atoms with Crippen LogP contribution in [0.1, 0.15) is 45.4 Å². The SMILES string of the molecule is CCCCCCC#CC(F)CCO. The molecule has 2 heteroatoms. The van der Waals surface area contributed by atoms with Gasteiger partial charge in [0.05, 0.1) is 0 Å². The highest BCUT2D eigenvalue weighted by molar-refractivity contribution is 5.04. The fourth-order valence-corrected chi connectivity index (χ4v) is 1.01. The van der Waals surface area contributed by atoms with Gasteiger partial charge in [0, 0.05) is 19.4 Å². The van der Waals surface area contributed by atoms with Crippen LogP contribution < -0.4 is 0 Å². The van der Waals surface area contributed by atoms with E-state index < -0.39 is 6.17 Å². The average molecular weight is 186 g/mol. The third kappa shape index (κ3) is 9.36. The average Bonchev–Trinajstić information content (AvgIpc) is 2.11. The molecule has 1 N–H and O–H groups in total. The number of hydrogen-bond acceptors (Lipinski definition) is 1. The summed E-state index contributed by atoms with van der Waals surface area (Å²) in [6.07, 6.45) is 4.47. The van der Waals surface area contributed by atoms with E-state index in [0.29, 0.717) is 0 Å². The minimum atomic E-state index is -1.14. The van der Waals surface area contributed by atoms with Crippen LogP contribution in [-0.4, -0.2) is 17.9 Å². The number of halogens is 1. The first kappa shape index (κ1) is 12.4. The molecule has 0 rings (SSSR count). The van der Waals surface area contributed by atoms with Crippen LogP contribution in [0.4, 0.5) is 4.39 Å². The van der Waals surface area contributed by atoms with E-state index in [-0.39, 0.29) is 13.0 Å². The number of aliphatic hydroxyl groups excluding tert-OH is 1. The fourth-order valence-electron chi connectivity index (χ4n) is 1.01. The summed E-state index contributed by atoms with van der Waals surface area (Å²) in [4.78, 5) is 0. The maximum atomic E-state index is 12.6. The normalized spacial score (nSPS) is 11.9. The third-order valence-corrected chi connectivity index (χ3v) is 1.80. The molecule has 0 aromatic carbocycles. The first-order valence-corrected chi connectivity index (χ1v) is 5.04. The second-order valence-electron chi connectivity index (χ2n) is 3.11. The third-order valence-electron chi connectivity index (χ3n) is 1.80. The van der Waals surface area contributed by atoms with Crippen molar-refractivity contribution in [3.63, 3.8) is 0 Å². The molecule has 0 radical (unpaired) electrons. The van der Waals surface area contributed by atoms with Crippen molar-refractivity contribution in [3.05, 3.63) is 0 Å². The minimum absolute atomic E-state index is 0.119. The summed E-state index contributed by atoms with van der Waals surface area (Å²) in [6.45, 7) is 2.04. The molecule has 0 bridgehead atoms. The van der Waals surface area contributed by atoms with Crippen molar-refractivity contribution in [3.8, 4) is 11.8 Å². The summed E-state index contributed by atoms with van der Waals surface area (Å²) < 4.78 is 12.6. The fraction of sp³-hybridized carbons (Fsp3) is 0.818. The Balaban J connectivity index is 3.28. The summed E-state index contributed by atoms with van der Waals surface area (Å²) in [5, 5.41) is 8.40. The van der Waals surface area contributed by atoms with E-state index in [2.05, 4.69) is 18.8 Å². The Morgan fingerprint density at radius 1 is 1.31 bits per heavy atom. The molecular formula is C11H19FO. The maximum absolute atomic E-state index is 12.6. The van der Waals surface area contributed by atoms with E-state index in [1.807, 2.05) is 0 Å². The van der Waals surface area contributed by atoms with Crippen molar-refractivity contribution in [2.75, 3.05) is 6.61 Å². The number of rotatable bonds is 6. The molecule has 0 fully saturated rings. The van der Waals surface area contributed by atoms with Crippen molar-refractivity contribution in [2.45, 2.75) is 51.6 Å². The predicted molar refractivity (Wildman–Crippen MR) is 53.1 cm³/mol. The number of alkyl halides is 1. The summed E-state index contributed by atoms with van der Waals surface area (Å²) in [6, 6.07) is 0. The van der Waals surface area contributed by atoms with Crippen molar-refractivity contribution in [2.24, 2.45) is 0 Å². The lowest BCUT2D eigenvalue weighted by molar-refractivity contribution is 0.248. The Kier molecular flexibility index (Phi) is 9.13. The predicted octanol–water partition coefficient (Wildman–Crippen LogP) is 2.68.